The predicted octanol–water partition coefficient (Wildman–Crippen LogP) is 1.29. The number of amides is 2. The molecule has 2 amide bonds. The second-order valence-electron chi connectivity index (χ2n) is 6.66. The van der Waals surface area contributed by atoms with Gasteiger partial charge in [0.2, 0.25) is 11.8 Å². The summed E-state index contributed by atoms with van der Waals surface area (Å²) in [6.45, 7) is 1.61. The highest BCUT2D eigenvalue weighted by Crippen LogP contribution is 2.56. The number of hydrogen-bond donors (Lipinski definition) is 3. The maximum absolute atomic E-state index is 12.5. The summed E-state index contributed by atoms with van der Waals surface area (Å²) in [5.41, 5.74) is 4.50. The third-order valence-corrected chi connectivity index (χ3v) is 5.24. The maximum atomic E-state index is 12.5. The quantitative estimate of drug-likeness (QED) is 0.573. The Bertz CT molecular complexity index is 700. The SMILES string of the molecule is C[C@]1(C(=O)O)[C@H](C(=O)NNC(=O)Cc2ccccc2)[C@H]2C=C[C@H]1C2. The number of aliphatic carboxylic acids is 1. The van der Waals surface area contributed by atoms with Gasteiger partial charge in [0, 0.05) is 0 Å². The molecule has 2 aliphatic rings. The first kappa shape index (κ1) is 16.2. The molecule has 0 radical (unpaired) electrons. The topological polar surface area (TPSA) is 95.5 Å². The summed E-state index contributed by atoms with van der Waals surface area (Å²) in [4.78, 5) is 36.1. The lowest BCUT2D eigenvalue weighted by atomic mass is 9.69. The van der Waals surface area contributed by atoms with Gasteiger partial charge in [-0.15, -0.1) is 0 Å². The molecule has 126 valence electrons. The Balaban J connectivity index is 1.62. The van der Waals surface area contributed by atoms with Crippen LogP contribution in [0.1, 0.15) is 18.9 Å². The first-order valence-electron chi connectivity index (χ1n) is 7.97. The van der Waals surface area contributed by atoms with Crippen molar-refractivity contribution in [3.63, 3.8) is 0 Å². The molecule has 0 aliphatic heterocycles. The molecule has 1 saturated carbocycles. The summed E-state index contributed by atoms with van der Waals surface area (Å²) in [5.74, 6) is -2.68. The van der Waals surface area contributed by atoms with Crippen molar-refractivity contribution in [2.75, 3.05) is 0 Å². The minimum atomic E-state index is -1.13. The summed E-state index contributed by atoms with van der Waals surface area (Å²) in [6.07, 6.45) is 4.61. The number of carbonyl (C=O) groups excluding carboxylic acids is 2. The Hall–Kier alpha value is -2.63. The highest BCUT2D eigenvalue weighted by molar-refractivity contribution is 5.90. The first-order chi connectivity index (χ1) is 11.4. The third-order valence-electron chi connectivity index (χ3n) is 5.24. The average molecular weight is 328 g/mol. The molecule has 0 unspecified atom stereocenters. The lowest BCUT2D eigenvalue weighted by Gasteiger charge is -2.33. The molecule has 0 heterocycles. The van der Waals surface area contributed by atoms with Crippen molar-refractivity contribution in [1.82, 2.24) is 10.9 Å². The van der Waals surface area contributed by atoms with Gasteiger partial charge in [-0.1, -0.05) is 42.5 Å². The molecule has 3 N–H and O–H groups in total. The largest absolute Gasteiger partial charge is 0.481 e. The first-order valence-corrected chi connectivity index (χ1v) is 7.97. The molecule has 0 aromatic heterocycles. The van der Waals surface area contributed by atoms with E-state index >= 15 is 0 Å². The Morgan fingerprint density at radius 3 is 2.54 bits per heavy atom. The molecule has 3 rings (SSSR count). The Kier molecular flexibility index (Phi) is 4.13. The molecular formula is C18H20N2O4. The van der Waals surface area contributed by atoms with Crippen LogP contribution in [0.15, 0.2) is 42.5 Å². The third kappa shape index (κ3) is 2.68. The van der Waals surface area contributed by atoms with E-state index in [1.807, 2.05) is 42.5 Å². The van der Waals surface area contributed by atoms with Crippen LogP contribution in [0.4, 0.5) is 0 Å². The van der Waals surface area contributed by atoms with Gasteiger partial charge in [0.05, 0.1) is 17.8 Å². The summed E-state index contributed by atoms with van der Waals surface area (Å²) in [5, 5.41) is 9.58. The second-order valence-corrected chi connectivity index (χ2v) is 6.66. The van der Waals surface area contributed by atoms with Crippen molar-refractivity contribution in [3.8, 4) is 0 Å². The second kappa shape index (κ2) is 6.11. The molecule has 0 spiro atoms. The number of hydrogen-bond acceptors (Lipinski definition) is 3. The number of hydrazine groups is 1. The van der Waals surface area contributed by atoms with E-state index in [2.05, 4.69) is 10.9 Å². The van der Waals surface area contributed by atoms with Crippen LogP contribution >= 0.6 is 0 Å². The van der Waals surface area contributed by atoms with Crippen LogP contribution in [0.5, 0.6) is 0 Å². The van der Waals surface area contributed by atoms with Crippen molar-refractivity contribution < 1.29 is 19.5 Å². The maximum Gasteiger partial charge on any atom is 0.310 e. The number of carboxylic acids is 1. The van der Waals surface area contributed by atoms with E-state index in [0.717, 1.165) is 5.56 Å². The predicted molar refractivity (Wildman–Crippen MR) is 86.4 cm³/mol. The molecule has 2 bridgehead atoms. The van der Waals surface area contributed by atoms with Crippen molar-refractivity contribution in [1.29, 1.82) is 0 Å². The number of rotatable bonds is 4. The minimum Gasteiger partial charge on any atom is -0.481 e. The van der Waals surface area contributed by atoms with Crippen LogP contribution in [0.3, 0.4) is 0 Å². The van der Waals surface area contributed by atoms with Gasteiger partial charge >= 0.3 is 5.97 Å². The van der Waals surface area contributed by atoms with Crippen LogP contribution in [0.2, 0.25) is 0 Å². The average Bonchev–Trinajstić information content (AvgIpc) is 3.13. The van der Waals surface area contributed by atoms with Crippen LogP contribution in [-0.4, -0.2) is 22.9 Å². The van der Waals surface area contributed by atoms with Gasteiger partial charge in [-0.2, -0.15) is 0 Å². The number of carbonyl (C=O) groups is 3. The Morgan fingerprint density at radius 1 is 1.17 bits per heavy atom. The van der Waals surface area contributed by atoms with Crippen molar-refractivity contribution in [2.45, 2.75) is 19.8 Å². The van der Waals surface area contributed by atoms with E-state index in [0.29, 0.717) is 6.42 Å². The summed E-state index contributed by atoms with van der Waals surface area (Å²) in [7, 11) is 0. The Labute approximate surface area is 139 Å². The van der Waals surface area contributed by atoms with Gasteiger partial charge in [0.15, 0.2) is 0 Å². The normalized spacial score (nSPS) is 30.1. The fraction of sp³-hybridized carbons (Fsp3) is 0.389. The molecule has 4 atom stereocenters. The van der Waals surface area contributed by atoms with Crippen molar-refractivity contribution in [3.05, 3.63) is 48.0 Å². The highest BCUT2D eigenvalue weighted by Gasteiger charge is 2.60. The van der Waals surface area contributed by atoms with Gasteiger partial charge in [-0.25, -0.2) is 0 Å². The van der Waals surface area contributed by atoms with E-state index < -0.39 is 23.2 Å². The molecule has 1 aromatic rings. The molecule has 6 heteroatoms. The number of nitrogens with one attached hydrogen (secondary N) is 2. The minimum absolute atomic E-state index is 0.0953. The number of benzene rings is 1. The zero-order valence-electron chi connectivity index (χ0n) is 13.4. The molecule has 6 nitrogen and oxygen atoms in total. The standard InChI is InChI=1S/C18H20N2O4/c1-18(17(23)24)13-8-7-12(10-13)15(18)16(22)20-19-14(21)9-11-5-3-2-4-6-11/h2-8,12-13,15H,9-10H2,1H3,(H,19,21)(H,20,22)(H,23,24)/t12-,13-,15-,18+/m0/s1. The van der Waals surface area contributed by atoms with E-state index in [-0.39, 0.29) is 24.2 Å². The van der Waals surface area contributed by atoms with Gasteiger partial charge in [-0.05, 0) is 30.7 Å². The lowest BCUT2D eigenvalue weighted by Crippen LogP contribution is -2.52. The molecular weight excluding hydrogens is 308 g/mol. The fourth-order valence-electron chi connectivity index (χ4n) is 3.89. The summed E-state index contributed by atoms with van der Waals surface area (Å²) >= 11 is 0. The van der Waals surface area contributed by atoms with Crippen LogP contribution in [0, 0.1) is 23.2 Å². The molecule has 0 saturated heterocycles. The van der Waals surface area contributed by atoms with Gasteiger partial charge in [0.1, 0.15) is 0 Å². The van der Waals surface area contributed by atoms with Gasteiger partial charge in [0.25, 0.3) is 0 Å². The van der Waals surface area contributed by atoms with E-state index in [1.165, 1.54) is 0 Å². The van der Waals surface area contributed by atoms with Crippen LogP contribution in [-0.2, 0) is 20.8 Å². The number of carboxylic acid groups (broad SMARTS) is 1. The summed E-state index contributed by atoms with van der Waals surface area (Å²) in [6, 6.07) is 9.17. The van der Waals surface area contributed by atoms with Crippen molar-refractivity contribution in [2.24, 2.45) is 23.2 Å². The smallest absolute Gasteiger partial charge is 0.310 e. The summed E-state index contributed by atoms with van der Waals surface area (Å²) < 4.78 is 0. The Morgan fingerprint density at radius 2 is 1.88 bits per heavy atom. The van der Waals surface area contributed by atoms with Gasteiger partial charge in [-0.3, -0.25) is 25.2 Å². The van der Waals surface area contributed by atoms with Gasteiger partial charge < -0.3 is 5.11 Å². The molecule has 24 heavy (non-hydrogen) atoms. The number of allylic oxidation sites excluding steroid dienone is 2. The molecule has 2 aliphatic carbocycles. The lowest BCUT2D eigenvalue weighted by molar-refractivity contribution is -0.156. The van der Waals surface area contributed by atoms with E-state index in [9.17, 15) is 19.5 Å². The van der Waals surface area contributed by atoms with Crippen LogP contribution in [0.25, 0.3) is 0 Å². The highest BCUT2D eigenvalue weighted by atomic mass is 16.4. The molecule has 1 aromatic carbocycles. The number of fused-ring (bicyclic) bond motifs is 2. The molecule has 1 fully saturated rings. The van der Waals surface area contributed by atoms with Crippen LogP contribution < -0.4 is 10.9 Å². The van der Waals surface area contributed by atoms with Crippen molar-refractivity contribution >= 4 is 17.8 Å². The van der Waals surface area contributed by atoms with E-state index in [1.54, 1.807) is 6.92 Å². The zero-order chi connectivity index (χ0) is 17.3. The zero-order valence-corrected chi connectivity index (χ0v) is 13.4. The van der Waals surface area contributed by atoms with E-state index in [4.69, 9.17) is 0 Å². The fourth-order valence-corrected chi connectivity index (χ4v) is 3.89. The monoisotopic (exact) mass is 328 g/mol.